The van der Waals surface area contributed by atoms with E-state index in [9.17, 15) is 9.59 Å². The molecule has 4 N–H and O–H groups in total. The van der Waals surface area contributed by atoms with Gasteiger partial charge in [-0.1, -0.05) is 31.9 Å². The van der Waals surface area contributed by atoms with Crippen LogP contribution in [0.1, 0.15) is 46.9 Å². The molecule has 6 nitrogen and oxygen atoms in total. The molecule has 0 bridgehead atoms. The van der Waals surface area contributed by atoms with E-state index in [0.717, 1.165) is 19.3 Å². The Balaban J connectivity index is 0.00000392. The van der Waals surface area contributed by atoms with E-state index in [4.69, 9.17) is 10.5 Å². The van der Waals surface area contributed by atoms with Crippen LogP contribution in [-0.4, -0.2) is 31.5 Å². The van der Waals surface area contributed by atoms with Crippen LogP contribution in [0.25, 0.3) is 0 Å². The first kappa shape index (κ1) is 23.5. The molecule has 0 aliphatic heterocycles. The van der Waals surface area contributed by atoms with Crippen molar-refractivity contribution in [2.24, 2.45) is 5.73 Å². The highest BCUT2D eigenvalue weighted by Gasteiger charge is 2.17. The monoisotopic (exact) mass is 405 g/mol. The van der Waals surface area contributed by atoms with Crippen molar-refractivity contribution >= 4 is 29.9 Å². The van der Waals surface area contributed by atoms with E-state index < -0.39 is 0 Å². The fourth-order valence-corrected chi connectivity index (χ4v) is 2.69. The molecule has 152 valence electrons. The standard InChI is InChI=1S/C21H27N3O3.ClH/c1-3-4-7-16(14-22)23-21(26)18-8-5-6-9-19(18)24-20(25)15-10-12-17(27-2)13-11-15;/h5-6,8-13,16H,3-4,7,14,22H2,1-2H3,(H,23,26)(H,24,25);1H. The van der Waals surface area contributed by atoms with Gasteiger partial charge in [0.05, 0.1) is 18.4 Å². The molecule has 2 amide bonds. The second-order valence-electron chi connectivity index (χ2n) is 6.28. The molecule has 0 aliphatic carbocycles. The summed E-state index contributed by atoms with van der Waals surface area (Å²) >= 11 is 0. The van der Waals surface area contributed by atoms with E-state index in [1.807, 2.05) is 0 Å². The number of rotatable bonds is 9. The van der Waals surface area contributed by atoms with Crippen LogP contribution >= 0.6 is 12.4 Å². The first-order valence-corrected chi connectivity index (χ1v) is 9.14. The van der Waals surface area contributed by atoms with Crippen LogP contribution in [-0.2, 0) is 0 Å². The van der Waals surface area contributed by atoms with Crippen LogP contribution in [0.15, 0.2) is 48.5 Å². The van der Waals surface area contributed by atoms with Crippen LogP contribution in [0.3, 0.4) is 0 Å². The minimum atomic E-state index is -0.292. The number of carbonyl (C=O) groups excluding carboxylic acids is 2. The number of nitrogens with two attached hydrogens (primary N) is 1. The Kier molecular flexibility index (Phi) is 10.1. The molecular weight excluding hydrogens is 378 g/mol. The minimum Gasteiger partial charge on any atom is -0.497 e. The van der Waals surface area contributed by atoms with Gasteiger partial charge in [-0.15, -0.1) is 12.4 Å². The van der Waals surface area contributed by atoms with Gasteiger partial charge in [-0.05, 0) is 42.8 Å². The fraction of sp³-hybridized carbons (Fsp3) is 0.333. The zero-order valence-electron chi connectivity index (χ0n) is 16.2. The van der Waals surface area contributed by atoms with E-state index >= 15 is 0 Å². The van der Waals surface area contributed by atoms with Gasteiger partial charge in [0.15, 0.2) is 0 Å². The van der Waals surface area contributed by atoms with Gasteiger partial charge in [0.1, 0.15) is 5.75 Å². The molecule has 0 spiro atoms. The average molecular weight is 406 g/mol. The van der Waals surface area contributed by atoms with Gasteiger partial charge in [0.2, 0.25) is 0 Å². The largest absolute Gasteiger partial charge is 0.497 e. The lowest BCUT2D eigenvalue weighted by molar-refractivity contribution is 0.0936. The van der Waals surface area contributed by atoms with Crippen LogP contribution < -0.4 is 21.1 Å². The van der Waals surface area contributed by atoms with Gasteiger partial charge in [0, 0.05) is 18.2 Å². The zero-order valence-corrected chi connectivity index (χ0v) is 17.1. The van der Waals surface area contributed by atoms with Gasteiger partial charge in [0.25, 0.3) is 11.8 Å². The van der Waals surface area contributed by atoms with Gasteiger partial charge < -0.3 is 21.1 Å². The minimum absolute atomic E-state index is 0. The molecule has 0 heterocycles. The number of benzene rings is 2. The van der Waals surface area contributed by atoms with Gasteiger partial charge in [-0.2, -0.15) is 0 Å². The number of methoxy groups -OCH3 is 1. The Morgan fingerprint density at radius 1 is 1.07 bits per heavy atom. The SMILES string of the molecule is CCCCC(CN)NC(=O)c1ccccc1NC(=O)c1ccc(OC)cc1.Cl. The highest BCUT2D eigenvalue weighted by atomic mass is 35.5. The predicted octanol–water partition coefficient (Wildman–Crippen LogP) is 3.62. The van der Waals surface area contributed by atoms with Crippen molar-refractivity contribution < 1.29 is 14.3 Å². The molecule has 0 saturated carbocycles. The van der Waals surface area contributed by atoms with E-state index in [1.165, 1.54) is 0 Å². The average Bonchev–Trinajstić information content (AvgIpc) is 2.71. The Hall–Kier alpha value is -2.57. The molecule has 2 aromatic rings. The van der Waals surface area contributed by atoms with Crippen molar-refractivity contribution in [2.75, 3.05) is 19.0 Å². The van der Waals surface area contributed by atoms with Crippen molar-refractivity contribution in [1.29, 1.82) is 0 Å². The second kappa shape index (κ2) is 12.0. The fourth-order valence-electron chi connectivity index (χ4n) is 2.69. The lowest BCUT2D eigenvalue weighted by atomic mass is 10.1. The number of carbonyl (C=O) groups is 2. The molecule has 1 unspecified atom stereocenters. The summed E-state index contributed by atoms with van der Waals surface area (Å²) in [5.74, 6) is 0.137. The summed E-state index contributed by atoms with van der Waals surface area (Å²) in [6.45, 7) is 2.48. The van der Waals surface area contributed by atoms with E-state index in [-0.39, 0.29) is 30.3 Å². The van der Waals surface area contributed by atoms with Crippen molar-refractivity contribution in [2.45, 2.75) is 32.2 Å². The van der Waals surface area contributed by atoms with Crippen molar-refractivity contribution in [3.63, 3.8) is 0 Å². The molecule has 0 radical (unpaired) electrons. The molecule has 0 aromatic heterocycles. The molecule has 0 aliphatic rings. The second-order valence-corrected chi connectivity index (χ2v) is 6.28. The smallest absolute Gasteiger partial charge is 0.255 e. The number of hydrogen-bond acceptors (Lipinski definition) is 4. The molecule has 1 atom stereocenters. The maximum atomic E-state index is 12.7. The lowest BCUT2D eigenvalue weighted by Crippen LogP contribution is -2.40. The number of unbranched alkanes of at least 4 members (excludes halogenated alkanes) is 1. The van der Waals surface area contributed by atoms with Crippen molar-refractivity contribution in [3.8, 4) is 5.75 Å². The van der Waals surface area contributed by atoms with Crippen LogP contribution in [0.2, 0.25) is 0 Å². The number of hydrogen-bond donors (Lipinski definition) is 3. The van der Waals surface area contributed by atoms with Crippen LogP contribution in [0.5, 0.6) is 5.75 Å². The van der Waals surface area contributed by atoms with Crippen LogP contribution in [0.4, 0.5) is 5.69 Å². The summed E-state index contributed by atoms with van der Waals surface area (Å²) in [7, 11) is 1.57. The summed E-state index contributed by atoms with van der Waals surface area (Å²) in [4.78, 5) is 25.2. The Labute approximate surface area is 172 Å². The Morgan fingerprint density at radius 3 is 2.36 bits per heavy atom. The highest BCUT2D eigenvalue weighted by molar-refractivity contribution is 6.09. The highest BCUT2D eigenvalue weighted by Crippen LogP contribution is 2.18. The topological polar surface area (TPSA) is 93.5 Å². The van der Waals surface area contributed by atoms with E-state index in [1.54, 1.807) is 55.6 Å². The van der Waals surface area contributed by atoms with E-state index in [2.05, 4.69) is 17.6 Å². The molecule has 0 fully saturated rings. The molecule has 0 saturated heterocycles. The zero-order chi connectivity index (χ0) is 19.6. The molecule has 2 aromatic carbocycles. The maximum Gasteiger partial charge on any atom is 0.255 e. The number of ether oxygens (including phenoxy) is 1. The van der Waals surface area contributed by atoms with E-state index in [0.29, 0.717) is 29.1 Å². The summed E-state index contributed by atoms with van der Waals surface area (Å²) in [6, 6.07) is 13.6. The number of halogens is 1. The maximum absolute atomic E-state index is 12.7. The van der Waals surface area contributed by atoms with Gasteiger partial charge in [-0.25, -0.2) is 0 Å². The molecule has 28 heavy (non-hydrogen) atoms. The molecular formula is C21H28ClN3O3. The number of nitrogens with one attached hydrogen (secondary N) is 2. The number of amides is 2. The Bertz CT molecular complexity index is 766. The summed E-state index contributed by atoms with van der Waals surface area (Å²) in [5, 5.41) is 5.76. The Morgan fingerprint density at radius 2 is 1.75 bits per heavy atom. The van der Waals surface area contributed by atoms with Gasteiger partial charge in [-0.3, -0.25) is 9.59 Å². The third-order valence-electron chi connectivity index (χ3n) is 4.30. The molecule has 2 rings (SSSR count). The predicted molar refractivity (Wildman–Crippen MR) is 114 cm³/mol. The number of anilines is 1. The normalized spacial score (nSPS) is 11.1. The third-order valence-corrected chi connectivity index (χ3v) is 4.30. The van der Waals surface area contributed by atoms with Gasteiger partial charge >= 0.3 is 0 Å². The first-order valence-electron chi connectivity index (χ1n) is 9.14. The molecule has 7 heteroatoms. The summed E-state index contributed by atoms with van der Waals surface area (Å²) < 4.78 is 5.10. The third kappa shape index (κ3) is 6.55. The summed E-state index contributed by atoms with van der Waals surface area (Å²) in [6.07, 6.45) is 2.87. The van der Waals surface area contributed by atoms with Crippen LogP contribution in [0, 0.1) is 0 Å². The number of para-hydroxylation sites is 1. The summed E-state index contributed by atoms with van der Waals surface area (Å²) in [5.41, 5.74) is 7.12. The van der Waals surface area contributed by atoms with Crippen molar-refractivity contribution in [3.05, 3.63) is 59.7 Å². The lowest BCUT2D eigenvalue weighted by Gasteiger charge is -2.18. The first-order chi connectivity index (χ1) is 13.1. The van der Waals surface area contributed by atoms with Crippen molar-refractivity contribution in [1.82, 2.24) is 5.32 Å². The quantitative estimate of drug-likeness (QED) is 0.594.